The fourth-order valence-electron chi connectivity index (χ4n) is 1.80. The van der Waals surface area contributed by atoms with Crippen molar-refractivity contribution in [2.45, 2.75) is 51.4 Å². The first kappa shape index (κ1) is 10.6. The van der Waals surface area contributed by atoms with E-state index in [1.54, 1.807) is 0 Å². The van der Waals surface area contributed by atoms with Gasteiger partial charge in [0.2, 0.25) is 11.8 Å². The SMILES string of the molecule is CCc1nnc(COC2CCC(N)C2)o1. The molecule has 0 spiro atoms. The summed E-state index contributed by atoms with van der Waals surface area (Å²) in [6.07, 6.45) is 4.05. The van der Waals surface area contributed by atoms with Crippen LogP contribution in [0.4, 0.5) is 0 Å². The van der Waals surface area contributed by atoms with E-state index in [-0.39, 0.29) is 6.10 Å². The molecule has 2 unspecified atom stereocenters. The highest BCUT2D eigenvalue weighted by atomic mass is 16.5. The van der Waals surface area contributed by atoms with E-state index in [1.807, 2.05) is 6.92 Å². The minimum absolute atomic E-state index is 0.261. The summed E-state index contributed by atoms with van der Waals surface area (Å²) in [5.41, 5.74) is 5.79. The van der Waals surface area contributed by atoms with Crippen molar-refractivity contribution >= 4 is 0 Å². The van der Waals surface area contributed by atoms with E-state index < -0.39 is 0 Å². The molecular weight excluding hydrogens is 194 g/mol. The van der Waals surface area contributed by atoms with E-state index >= 15 is 0 Å². The van der Waals surface area contributed by atoms with Crippen LogP contribution in [0.2, 0.25) is 0 Å². The van der Waals surface area contributed by atoms with E-state index in [0.29, 0.717) is 24.4 Å². The van der Waals surface area contributed by atoms with Gasteiger partial charge in [-0.1, -0.05) is 6.92 Å². The monoisotopic (exact) mass is 211 g/mol. The van der Waals surface area contributed by atoms with Gasteiger partial charge in [-0.05, 0) is 19.3 Å². The summed E-state index contributed by atoms with van der Waals surface area (Å²) >= 11 is 0. The fourth-order valence-corrected chi connectivity index (χ4v) is 1.80. The standard InChI is InChI=1S/C10H17N3O2/c1-2-9-12-13-10(15-9)6-14-8-4-3-7(11)5-8/h7-8H,2-6,11H2,1H3. The topological polar surface area (TPSA) is 74.2 Å². The zero-order chi connectivity index (χ0) is 10.7. The van der Waals surface area contributed by atoms with Crippen molar-refractivity contribution in [2.75, 3.05) is 0 Å². The average Bonchev–Trinajstić information content (AvgIpc) is 2.83. The predicted octanol–water partition coefficient (Wildman–Crippen LogP) is 1.03. The minimum Gasteiger partial charge on any atom is -0.423 e. The Morgan fingerprint density at radius 1 is 1.40 bits per heavy atom. The molecule has 1 aromatic heterocycles. The molecule has 0 saturated heterocycles. The molecule has 1 aliphatic carbocycles. The van der Waals surface area contributed by atoms with Crippen LogP contribution < -0.4 is 5.73 Å². The van der Waals surface area contributed by atoms with Crippen molar-refractivity contribution < 1.29 is 9.15 Å². The molecule has 1 saturated carbocycles. The lowest BCUT2D eigenvalue weighted by atomic mass is 10.3. The van der Waals surface area contributed by atoms with Crippen LogP contribution in [0.3, 0.4) is 0 Å². The van der Waals surface area contributed by atoms with Gasteiger partial charge in [0, 0.05) is 12.5 Å². The Labute approximate surface area is 89.0 Å². The van der Waals surface area contributed by atoms with Crippen LogP contribution in [0.5, 0.6) is 0 Å². The second-order valence-corrected chi connectivity index (χ2v) is 3.95. The van der Waals surface area contributed by atoms with Crippen LogP contribution >= 0.6 is 0 Å². The maximum absolute atomic E-state index is 5.79. The number of nitrogens with two attached hydrogens (primary N) is 1. The summed E-state index contributed by atoms with van der Waals surface area (Å²) in [4.78, 5) is 0. The van der Waals surface area contributed by atoms with Gasteiger partial charge >= 0.3 is 0 Å². The Morgan fingerprint density at radius 2 is 2.20 bits per heavy atom. The lowest BCUT2D eigenvalue weighted by Crippen LogP contribution is -2.17. The van der Waals surface area contributed by atoms with Gasteiger partial charge in [0.1, 0.15) is 6.61 Å². The lowest BCUT2D eigenvalue weighted by Gasteiger charge is -2.08. The fraction of sp³-hybridized carbons (Fsp3) is 0.800. The molecule has 1 aromatic rings. The van der Waals surface area contributed by atoms with Crippen molar-refractivity contribution in [2.24, 2.45) is 5.73 Å². The summed E-state index contributed by atoms with van der Waals surface area (Å²) < 4.78 is 11.0. The first-order chi connectivity index (χ1) is 7.28. The molecular formula is C10H17N3O2. The Hall–Kier alpha value is -0.940. The number of hydrogen-bond acceptors (Lipinski definition) is 5. The van der Waals surface area contributed by atoms with E-state index in [9.17, 15) is 0 Å². The number of aryl methyl sites for hydroxylation is 1. The summed E-state index contributed by atoms with van der Waals surface area (Å²) in [5, 5.41) is 7.77. The average molecular weight is 211 g/mol. The van der Waals surface area contributed by atoms with Crippen molar-refractivity contribution in [3.8, 4) is 0 Å². The largest absolute Gasteiger partial charge is 0.423 e. The van der Waals surface area contributed by atoms with Crippen molar-refractivity contribution in [3.63, 3.8) is 0 Å². The highest BCUT2D eigenvalue weighted by molar-refractivity contribution is 4.81. The van der Waals surface area contributed by atoms with Gasteiger partial charge in [-0.15, -0.1) is 10.2 Å². The van der Waals surface area contributed by atoms with Gasteiger partial charge in [-0.2, -0.15) is 0 Å². The third-order valence-electron chi connectivity index (χ3n) is 2.68. The predicted molar refractivity (Wildman–Crippen MR) is 54.1 cm³/mol. The number of hydrogen-bond donors (Lipinski definition) is 1. The normalized spacial score (nSPS) is 26.0. The van der Waals surface area contributed by atoms with Crippen LogP contribution in [-0.2, 0) is 17.8 Å². The molecule has 5 heteroatoms. The molecule has 1 fully saturated rings. The first-order valence-corrected chi connectivity index (χ1v) is 5.46. The summed E-state index contributed by atoms with van der Waals surface area (Å²) in [6, 6.07) is 0.295. The molecule has 1 aliphatic rings. The molecule has 0 bridgehead atoms. The Bertz CT molecular complexity index is 313. The smallest absolute Gasteiger partial charge is 0.242 e. The molecule has 1 heterocycles. The van der Waals surface area contributed by atoms with E-state index in [0.717, 1.165) is 25.7 Å². The lowest BCUT2D eigenvalue weighted by molar-refractivity contribution is 0.0319. The van der Waals surface area contributed by atoms with Crippen LogP contribution in [0.15, 0.2) is 4.42 Å². The van der Waals surface area contributed by atoms with Crippen LogP contribution in [0.25, 0.3) is 0 Å². The van der Waals surface area contributed by atoms with Crippen LogP contribution in [0.1, 0.15) is 38.0 Å². The van der Waals surface area contributed by atoms with Crippen molar-refractivity contribution in [1.82, 2.24) is 10.2 Å². The molecule has 84 valence electrons. The molecule has 0 radical (unpaired) electrons. The van der Waals surface area contributed by atoms with Gasteiger partial charge in [0.25, 0.3) is 0 Å². The minimum atomic E-state index is 0.261. The van der Waals surface area contributed by atoms with Gasteiger partial charge in [0.15, 0.2) is 0 Å². The quantitative estimate of drug-likeness (QED) is 0.805. The molecule has 2 rings (SSSR count). The molecule has 2 atom stereocenters. The zero-order valence-electron chi connectivity index (χ0n) is 8.98. The summed E-state index contributed by atoms with van der Waals surface area (Å²) in [5.74, 6) is 1.23. The summed E-state index contributed by atoms with van der Waals surface area (Å²) in [7, 11) is 0. The Morgan fingerprint density at radius 3 is 2.80 bits per heavy atom. The van der Waals surface area contributed by atoms with E-state index in [4.69, 9.17) is 14.9 Å². The number of rotatable bonds is 4. The molecule has 15 heavy (non-hydrogen) atoms. The maximum atomic E-state index is 5.79. The highest BCUT2D eigenvalue weighted by Gasteiger charge is 2.22. The van der Waals surface area contributed by atoms with Crippen molar-refractivity contribution in [1.29, 1.82) is 0 Å². The first-order valence-electron chi connectivity index (χ1n) is 5.46. The number of nitrogens with zero attached hydrogens (tertiary/aromatic N) is 2. The highest BCUT2D eigenvalue weighted by Crippen LogP contribution is 2.21. The molecule has 0 amide bonds. The van der Waals surface area contributed by atoms with Gasteiger partial charge in [0.05, 0.1) is 6.10 Å². The van der Waals surface area contributed by atoms with Gasteiger partial charge in [-0.25, -0.2) is 0 Å². The van der Waals surface area contributed by atoms with E-state index in [2.05, 4.69) is 10.2 Å². The van der Waals surface area contributed by atoms with Crippen LogP contribution in [-0.4, -0.2) is 22.3 Å². The summed E-state index contributed by atoms with van der Waals surface area (Å²) in [6.45, 7) is 2.39. The van der Waals surface area contributed by atoms with Gasteiger partial charge < -0.3 is 14.9 Å². The molecule has 2 N–H and O–H groups in total. The molecule has 0 aromatic carbocycles. The Balaban J connectivity index is 1.77. The molecule has 0 aliphatic heterocycles. The second-order valence-electron chi connectivity index (χ2n) is 3.95. The van der Waals surface area contributed by atoms with Gasteiger partial charge in [-0.3, -0.25) is 0 Å². The number of aromatic nitrogens is 2. The molecule has 5 nitrogen and oxygen atoms in total. The zero-order valence-corrected chi connectivity index (χ0v) is 8.98. The third-order valence-corrected chi connectivity index (χ3v) is 2.68. The Kier molecular flexibility index (Phi) is 3.33. The maximum Gasteiger partial charge on any atom is 0.242 e. The second kappa shape index (κ2) is 4.72. The number of ether oxygens (including phenoxy) is 1. The van der Waals surface area contributed by atoms with Crippen LogP contribution in [0, 0.1) is 0 Å². The van der Waals surface area contributed by atoms with Crippen molar-refractivity contribution in [3.05, 3.63) is 11.8 Å². The van der Waals surface area contributed by atoms with E-state index in [1.165, 1.54) is 0 Å². The third kappa shape index (κ3) is 2.76.